The zero-order valence-corrected chi connectivity index (χ0v) is 17.2. The van der Waals surface area contributed by atoms with Crippen LogP contribution in [0, 0.1) is 6.92 Å². The first-order chi connectivity index (χ1) is 14.5. The van der Waals surface area contributed by atoms with Gasteiger partial charge < -0.3 is 19.5 Å². The molecule has 0 aliphatic carbocycles. The second-order valence-corrected chi connectivity index (χ2v) is 7.02. The van der Waals surface area contributed by atoms with Crippen molar-refractivity contribution in [2.24, 2.45) is 0 Å². The maximum atomic E-state index is 12.6. The van der Waals surface area contributed by atoms with Crippen LogP contribution in [0.3, 0.4) is 0 Å². The smallest absolute Gasteiger partial charge is 0.258 e. The van der Waals surface area contributed by atoms with Crippen molar-refractivity contribution in [1.29, 1.82) is 0 Å². The summed E-state index contributed by atoms with van der Waals surface area (Å²) in [5, 5.41) is 2.83. The van der Waals surface area contributed by atoms with Crippen molar-refractivity contribution in [2.75, 3.05) is 25.1 Å². The van der Waals surface area contributed by atoms with Crippen molar-refractivity contribution >= 4 is 17.5 Å². The summed E-state index contributed by atoms with van der Waals surface area (Å²) in [6.45, 7) is 3.31. The molecule has 7 nitrogen and oxygen atoms in total. The Hall–Kier alpha value is -3.61. The molecule has 0 unspecified atom stereocenters. The van der Waals surface area contributed by atoms with Gasteiger partial charge in [-0.3, -0.25) is 9.59 Å². The summed E-state index contributed by atoms with van der Waals surface area (Å²) in [5.74, 6) is 0.318. The molecule has 7 heteroatoms. The summed E-state index contributed by atoms with van der Waals surface area (Å²) in [6, 6.07) is 14.6. The van der Waals surface area contributed by atoms with E-state index in [9.17, 15) is 9.59 Å². The zero-order valence-electron chi connectivity index (χ0n) is 17.2. The second kappa shape index (κ2) is 10.2. The van der Waals surface area contributed by atoms with Crippen LogP contribution in [0.15, 0.2) is 67.3 Å². The van der Waals surface area contributed by atoms with Gasteiger partial charge in [-0.05, 0) is 49.7 Å². The van der Waals surface area contributed by atoms with Crippen molar-refractivity contribution in [2.45, 2.75) is 19.9 Å². The normalized spacial score (nSPS) is 10.5. The number of aromatic nitrogens is 2. The molecule has 2 aromatic carbocycles. The number of aryl methyl sites for hydroxylation is 2. The van der Waals surface area contributed by atoms with Crippen LogP contribution >= 0.6 is 0 Å². The Balaban J connectivity index is 1.42. The number of amides is 2. The van der Waals surface area contributed by atoms with Crippen molar-refractivity contribution in [3.8, 4) is 5.75 Å². The Bertz CT molecular complexity index is 951. The highest BCUT2D eigenvalue weighted by atomic mass is 16.5. The van der Waals surface area contributed by atoms with E-state index in [-0.39, 0.29) is 18.4 Å². The number of nitrogens with one attached hydrogen (secondary N) is 1. The van der Waals surface area contributed by atoms with Gasteiger partial charge in [0.15, 0.2) is 6.61 Å². The van der Waals surface area contributed by atoms with E-state index in [1.807, 2.05) is 42.0 Å². The fourth-order valence-electron chi connectivity index (χ4n) is 2.88. The average molecular weight is 406 g/mol. The molecule has 1 heterocycles. The van der Waals surface area contributed by atoms with Gasteiger partial charge in [-0.15, -0.1) is 0 Å². The first-order valence-corrected chi connectivity index (χ1v) is 9.83. The van der Waals surface area contributed by atoms with Crippen LogP contribution < -0.4 is 15.0 Å². The highest BCUT2D eigenvalue weighted by Gasteiger charge is 2.13. The Morgan fingerprint density at radius 1 is 1.10 bits per heavy atom. The molecule has 0 fully saturated rings. The third kappa shape index (κ3) is 5.94. The van der Waals surface area contributed by atoms with Gasteiger partial charge in [-0.2, -0.15) is 0 Å². The van der Waals surface area contributed by atoms with Crippen LogP contribution in [0.25, 0.3) is 0 Å². The lowest BCUT2D eigenvalue weighted by molar-refractivity contribution is -0.123. The molecule has 0 atom stereocenters. The number of benzene rings is 2. The molecular formula is C23H26N4O3. The zero-order chi connectivity index (χ0) is 21.3. The number of hydrogen-bond acceptors (Lipinski definition) is 4. The minimum atomic E-state index is -0.170. The summed E-state index contributed by atoms with van der Waals surface area (Å²) in [4.78, 5) is 30.1. The second-order valence-electron chi connectivity index (χ2n) is 7.02. The van der Waals surface area contributed by atoms with Gasteiger partial charge in [-0.25, -0.2) is 4.98 Å². The number of anilines is 1. The molecule has 0 bridgehead atoms. The van der Waals surface area contributed by atoms with Crippen LogP contribution in [0.4, 0.5) is 5.69 Å². The highest BCUT2D eigenvalue weighted by Crippen LogP contribution is 2.20. The number of ether oxygens (including phenoxy) is 1. The molecule has 3 rings (SSSR count). The predicted octanol–water partition coefficient (Wildman–Crippen LogP) is 3.05. The standard InChI is InChI=1S/C23H26N4O3/c1-18-4-6-19(7-5-18)23(29)26(2)20-8-10-21(11-9-20)30-16-22(28)25-12-3-14-27-15-13-24-17-27/h4-11,13,15,17H,3,12,14,16H2,1-2H3,(H,25,28). The maximum absolute atomic E-state index is 12.6. The third-order valence-electron chi connectivity index (χ3n) is 4.67. The topological polar surface area (TPSA) is 76.5 Å². The average Bonchev–Trinajstić information content (AvgIpc) is 3.29. The molecule has 156 valence electrons. The first-order valence-electron chi connectivity index (χ1n) is 9.83. The molecule has 0 spiro atoms. The molecular weight excluding hydrogens is 380 g/mol. The summed E-state index contributed by atoms with van der Waals surface area (Å²) in [7, 11) is 1.73. The molecule has 0 aliphatic rings. The van der Waals surface area contributed by atoms with E-state index in [1.165, 1.54) is 0 Å². The van der Waals surface area contributed by atoms with E-state index in [0.717, 1.165) is 24.2 Å². The van der Waals surface area contributed by atoms with Crippen molar-refractivity contribution in [3.63, 3.8) is 0 Å². The lowest BCUT2D eigenvalue weighted by atomic mass is 10.1. The number of imidazole rings is 1. The van der Waals surface area contributed by atoms with Gasteiger partial charge in [0, 0.05) is 43.8 Å². The molecule has 0 aliphatic heterocycles. The van der Waals surface area contributed by atoms with Crippen molar-refractivity contribution in [1.82, 2.24) is 14.9 Å². The monoisotopic (exact) mass is 406 g/mol. The fourth-order valence-corrected chi connectivity index (χ4v) is 2.88. The van der Waals surface area contributed by atoms with Crippen molar-refractivity contribution in [3.05, 3.63) is 78.4 Å². The van der Waals surface area contributed by atoms with E-state index in [1.54, 1.807) is 48.7 Å². The minimum Gasteiger partial charge on any atom is -0.484 e. The predicted molar refractivity (Wildman–Crippen MR) is 116 cm³/mol. The number of nitrogens with zero attached hydrogens (tertiary/aromatic N) is 3. The Labute approximate surface area is 176 Å². The van der Waals surface area contributed by atoms with Crippen LogP contribution in [0.5, 0.6) is 5.75 Å². The summed E-state index contributed by atoms with van der Waals surface area (Å²) >= 11 is 0. The minimum absolute atomic E-state index is 0.0530. The Morgan fingerprint density at radius 3 is 2.50 bits per heavy atom. The number of carbonyl (C=O) groups excluding carboxylic acids is 2. The maximum Gasteiger partial charge on any atom is 0.258 e. The molecule has 30 heavy (non-hydrogen) atoms. The molecule has 0 radical (unpaired) electrons. The summed E-state index contributed by atoms with van der Waals surface area (Å²) < 4.78 is 7.50. The molecule has 0 saturated heterocycles. The quantitative estimate of drug-likeness (QED) is 0.554. The summed E-state index contributed by atoms with van der Waals surface area (Å²) in [6.07, 6.45) is 6.19. The van der Waals surface area contributed by atoms with Crippen LogP contribution in [0.1, 0.15) is 22.3 Å². The number of hydrogen-bond donors (Lipinski definition) is 1. The van der Waals surface area contributed by atoms with E-state index in [4.69, 9.17) is 4.74 Å². The van der Waals surface area contributed by atoms with Gasteiger partial charge in [0.1, 0.15) is 5.75 Å². The van der Waals surface area contributed by atoms with E-state index < -0.39 is 0 Å². The van der Waals surface area contributed by atoms with E-state index in [2.05, 4.69) is 10.3 Å². The van der Waals surface area contributed by atoms with Crippen LogP contribution in [-0.4, -0.2) is 41.6 Å². The van der Waals surface area contributed by atoms with Gasteiger partial charge >= 0.3 is 0 Å². The lowest BCUT2D eigenvalue weighted by Gasteiger charge is -2.18. The van der Waals surface area contributed by atoms with Gasteiger partial charge in [0.05, 0.1) is 6.33 Å². The SMILES string of the molecule is Cc1ccc(C(=O)N(C)c2ccc(OCC(=O)NCCCn3ccnc3)cc2)cc1. The first kappa shape index (κ1) is 21.1. The molecule has 0 saturated carbocycles. The number of carbonyl (C=O) groups is 2. The lowest BCUT2D eigenvalue weighted by Crippen LogP contribution is -2.30. The van der Waals surface area contributed by atoms with E-state index >= 15 is 0 Å². The van der Waals surface area contributed by atoms with Crippen LogP contribution in [-0.2, 0) is 11.3 Å². The highest BCUT2D eigenvalue weighted by molar-refractivity contribution is 6.05. The fraction of sp³-hybridized carbons (Fsp3) is 0.261. The third-order valence-corrected chi connectivity index (χ3v) is 4.67. The Morgan fingerprint density at radius 2 is 1.83 bits per heavy atom. The van der Waals surface area contributed by atoms with Gasteiger partial charge in [0.2, 0.25) is 0 Å². The molecule has 1 aromatic heterocycles. The van der Waals surface area contributed by atoms with Crippen LogP contribution in [0.2, 0.25) is 0 Å². The Kier molecular flexibility index (Phi) is 7.21. The number of rotatable bonds is 9. The molecule has 1 N–H and O–H groups in total. The largest absolute Gasteiger partial charge is 0.484 e. The molecule has 2 amide bonds. The van der Waals surface area contributed by atoms with Crippen molar-refractivity contribution < 1.29 is 14.3 Å². The van der Waals surface area contributed by atoms with Gasteiger partial charge in [-0.1, -0.05) is 17.7 Å². The molecule has 3 aromatic rings. The summed E-state index contributed by atoms with van der Waals surface area (Å²) in [5.41, 5.74) is 2.49. The van der Waals surface area contributed by atoms with E-state index in [0.29, 0.717) is 17.9 Å². The van der Waals surface area contributed by atoms with Gasteiger partial charge in [0.25, 0.3) is 11.8 Å².